The minimum Gasteiger partial charge on any atom is -0.369 e. The summed E-state index contributed by atoms with van der Waals surface area (Å²) >= 11 is 0. The Labute approximate surface area is 166 Å². The predicted octanol–water partition coefficient (Wildman–Crippen LogP) is 0.773. The molecule has 1 atom stereocenters. The molecule has 4 rings (SSSR count). The van der Waals surface area contributed by atoms with Crippen LogP contribution in [0.3, 0.4) is 0 Å². The van der Waals surface area contributed by atoms with Crippen LogP contribution in [-0.2, 0) is 4.79 Å². The largest absolute Gasteiger partial charge is 0.369 e. The van der Waals surface area contributed by atoms with Gasteiger partial charge in [-0.05, 0) is 42.8 Å². The van der Waals surface area contributed by atoms with E-state index < -0.39 is 17.4 Å². The van der Waals surface area contributed by atoms with Crippen molar-refractivity contribution in [3.05, 3.63) is 53.3 Å². The summed E-state index contributed by atoms with van der Waals surface area (Å²) < 4.78 is 1.54. The molecule has 0 unspecified atom stereocenters. The van der Waals surface area contributed by atoms with Crippen LogP contribution in [0.25, 0.3) is 16.7 Å². The Morgan fingerprint density at radius 3 is 2.83 bits per heavy atom. The lowest BCUT2D eigenvalue weighted by Gasteiger charge is -2.13. The molecule has 3 N–H and O–H groups in total. The summed E-state index contributed by atoms with van der Waals surface area (Å²) in [5.74, 6) is 4.59. The summed E-state index contributed by atoms with van der Waals surface area (Å²) in [6, 6.07) is 8.93. The summed E-state index contributed by atoms with van der Waals surface area (Å²) in [5.41, 5.74) is 6.57. The second kappa shape index (κ2) is 6.72. The van der Waals surface area contributed by atoms with Gasteiger partial charge in [0.2, 0.25) is 5.60 Å². The van der Waals surface area contributed by atoms with E-state index in [-0.39, 0.29) is 12.1 Å². The lowest BCUT2D eigenvalue weighted by atomic mass is 10.0. The first-order valence-electron chi connectivity index (χ1n) is 9.05. The van der Waals surface area contributed by atoms with Gasteiger partial charge in [-0.15, -0.1) is 0 Å². The van der Waals surface area contributed by atoms with Crippen molar-refractivity contribution in [2.24, 2.45) is 5.73 Å². The van der Waals surface area contributed by atoms with Gasteiger partial charge in [-0.1, -0.05) is 11.8 Å². The van der Waals surface area contributed by atoms with Crippen molar-refractivity contribution in [2.75, 3.05) is 13.6 Å². The topological polar surface area (TPSA) is 114 Å². The first-order valence-corrected chi connectivity index (χ1v) is 9.05. The molecule has 0 bridgehead atoms. The molecule has 0 radical (unpaired) electrons. The number of fused-ring (bicyclic) bond motifs is 1. The summed E-state index contributed by atoms with van der Waals surface area (Å²) in [4.78, 5) is 29.7. The molecule has 0 saturated carbocycles. The standard InChI is InChI=1S/C21H19N5O3/c1-13-10-14(5-6-21(29)7-9-25(2)20(21)28)12-15(11-13)26-19-16(4-3-8-23-19)17(24-26)18(22)27/h3-4,8,10-12,29H,7,9H2,1-2H3,(H2,22,27)/t21-/m0/s1. The maximum Gasteiger partial charge on any atom is 0.269 e. The van der Waals surface area contributed by atoms with E-state index in [4.69, 9.17) is 5.73 Å². The molecule has 2 aromatic heterocycles. The number of nitrogens with zero attached hydrogens (tertiary/aromatic N) is 4. The second-order valence-corrected chi connectivity index (χ2v) is 7.14. The van der Waals surface area contributed by atoms with Crippen molar-refractivity contribution < 1.29 is 14.7 Å². The van der Waals surface area contributed by atoms with Gasteiger partial charge >= 0.3 is 0 Å². The Morgan fingerprint density at radius 2 is 2.14 bits per heavy atom. The summed E-state index contributed by atoms with van der Waals surface area (Å²) in [5, 5.41) is 15.4. The summed E-state index contributed by atoms with van der Waals surface area (Å²) in [6.07, 6.45) is 1.88. The number of rotatable bonds is 2. The number of hydrogen-bond donors (Lipinski definition) is 2. The number of likely N-dealkylation sites (N-methyl/N-ethyl adjacent to an activating group) is 1. The van der Waals surface area contributed by atoms with E-state index in [0.717, 1.165) is 5.56 Å². The lowest BCUT2D eigenvalue weighted by molar-refractivity contribution is -0.137. The van der Waals surface area contributed by atoms with Crippen LogP contribution in [0.15, 0.2) is 36.5 Å². The average molecular weight is 389 g/mol. The van der Waals surface area contributed by atoms with Gasteiger partial charge in [0.05, 0.1) is 11.1 Å². The molecule has 146 valence electrons. The Balaban J connectivity index is 1.80. The van der Waals surface area contributed by atoms with Crippen molar-refractivity contribution in [3.8, 4) is 17.5 Å². The molecule has 0 spiro atoms. The molecule has 1 saturated heterocycles. The monoisotopic (exact) mass is 389 g/mol. The fourth-order valence-corrected chi connectivity index (χ4v) is 3.42. The number of carbonyl (C=O) groups excluding carboxylic acids is 2. The highest BCUT2D eigenvalue weighted by atomic mass is 16.3. The number of aromatic nitrogens is 3. The number of amides is 2. The van der Waals surface area contributed by atoms with Crippen molar-refractivity contribution >= 4 is 22.8 Å². The van der Waals surface area contributed by atoms with Crippen molar-refractivity contribution in [1.29, 1.82) is 0 Å². The maximum absolute atomic E-state index is 12.1. The van der Waals surface area contributed by atoms with E-state index >= 15 is 0 Å². The van der Waals surface area contributed by atoms with Gasteiger partial charge in [0.25, 0.3) is 11.8 Å². The Bertz CT molecular complexity index is 1220. The van der Waals surface area contributed by atoms with E-state index in [1.165, 1.54) is 9.58 Å². The van der Waals surface area contributed by atoms with E-state index in [1.807, 2.05) is 19.1 Å². The van der Waals surface area contributed by atoms with Crippen LogP contribution < -0.4 is 5.73 Å². The summed E-state index contributed by atoms with van der Waals surface area (Å²) in [7, 11) is 1.64. The van der Waals surface area contributed by atoms with Gasteiger partial charge in [-0.3, -0.25) is 9.59 Å². The van der Waals surface area contributed by atoms with Crippen LogP contribution in [0.2, 0.25) is 0 Å². The highest BCUT2D eigenvalue weighted by Crippen LogP contribution is 2.23. The Morgan fingerprint density at radius 1 is 1.34 bits per heavy atom. The molecule has 8 heteroatoms. The number of carbonyl (C=O) groups is 2. The Hall–Kier alpha value is -3.70. The third-order valence-electron chi connectivity index (χ3n) is 4.91. The first kappa shape index (κ1) is 18.7. The maximum atomic E-state index is 12.1. The fourth-order valence-electron chi connectivity index (χ4n) is 3.42. The number of likely N-dealkylation sites (tertiary alicyclic amines) is 1. The average Bonchev–Trinajstić information content (AvgIpc) is 3.20. The number of benzene rings is 1. The molecule has 2 amide bonds. The van der Waals surface area contributed by atoms with Crippen LogP contribution in [0.5, 0.6) is 0 Å². The third-order valence-corrected chi connectivity index (χ3v) is 4.91. The second-order valence-electron chi connectivity index (χ2n) is 7.14. The molecule has 29 heavy (non-hydrogen) atoms. The molecule has 3 heterocycles. The molecular formula is C21H19N5O3. The SMILES string of the molecule is Cc1cc(C#C[C@]2(O)CCN(C)C2=O)cc(-n2nc(C(N)=O)c3cccnc32)c1. The predicted molar refractivity (Wildman–Crippen MR) is 106 cm³/mol. The molecule has 8 nitrogen and oxygen atoms in total. The minimum atomic E-state index is -1.67. The van der Waals surface area contributed by atoms with Crippen LogP contribution in [-0.4, -0.2) is 55.8 Å². The number of hydrogen-bond acceptors (Lipinski definition) is 5. The van der Waals surface area contributed by atoms with Gasteiger partial charge in [-0.25, -0.2) is 9.67 Å². The normalized spacial score (nSPS) is 18.7. The van der Waals surface area contributed by atoms with Crippen LogP contribution in [0.1, 0.15) is 28.0 Å². The quantitative estimate of drug-likeness (QED) is 0.629. The zero-order valence-electron chi connectivity index (χ0n) is 16.0. The van der Waals surface area contributed by atoms with Gasteiger partial charge in [0, 0.05) is 31.8 Å². The number of nitrogens with two attached hydrogens (primary N) is 1. The van der Waals surface area contributed by atoms with Crippen LogP contribution >= 0.6 is 0 Å². The third kappa shape index (κ3) is 3.22. The number of aryl methyl sites for hydroxylation is 1. The van der Waals surface area contributed by atoms with E-state index in [1.54, 1.807) is 31.4 Å². The minimum absolute atomic E-state index is 0.135. The highest BCUT2D eigenvalue weighted by Gasteiger charge is 2.42. The molecule has 1 aromatic carbocycles. The molecule has 3 aromatic rings. The summed E-state index contributed by atoms with van der Waals surface area (Å²) in [6.45, 7) is 2.36. The first-order chi connectivity index (χ1) is 13.8. The lowest BCUT2D eigenvalue weighted by Crippen LogP contribution is -2.37. The molecular weight excluding hydrogens is 370 g/mol. The number of primary amides is 1. The fraction of sp³-hybridized carbons (Fsp3) is 0.238. The van der Waals surface area contributed by atoms with E-state index in [9.17, 15) is 14.7 Å². The number of pyridine rings is 1. The van der Waals surface area contributed by atoms with Crippen molar-refractivity contribution in [1.82, 2.24) is 19.7 Å². The highest BCUT2D eigenvalue weighted by molar-refractivity contribution is 6.03. The van der Waals surface area contributed by atoms with Crippen LogP contribution in [0, 0.1) is 18.8 Å². The van der Waals surface area contributed by atoms with Gasteiger partial charge < -0.3 is 15.7 Å². The molecule has 1 fully saturated rings. The smallest absolute Gasteiger partial charge is 0.269 e. The Kier molecular flexibility index (Phi) is 4.32. The van der Waals surface area contributed by atoms with E-state index in [2.05, 4.69) is 21.9 Å². The van der Waals surface area contributed by atoms with Crippen molar-refractivity contribution in [3.63, 3.8) is 0 Å². The van der Waals surface area contributed by atoms with Gasteiger partial charge in [0.15, 0.2) is 11.3 Å². The zero-order chi connectivity index (χ0) is 20.8. The molecule has 1 aliphatic heterocycles. The zero-order valence-corrected chi connectivity index (χ0v) is 16.0. The van der Waals surface area contributed by atoms with Gasteiger partial charge in [-0.2, -0.15) is 5.10 Å². The number of aliphatic hydroxyl groups is 1. The van der Waals surface area contributed by atoms with Crippen LogP contribution in [0.4, 0.5) is 0 Å². The van der Waals surface area contributed by atoms with Gasteiger partial charge in [0.1, 0.15) is 0 Å². The molecule has 0 aliphatic carbocycles. The van der Waals surface area contributed by atoms with E-state index in [0.29, 0.717) is 28.8 Å². The molecule has 1 aliphatic rings. The van der Waals surface area contributed by atoms with Crippen molar-refractivity contribution in [2.45, 2.75) is 18.9 Å².